The van der Waals surface area contributed by atoms with Crippen LogP contribution < -0.4 is 5.32 Å². The van der Waals surface area contributed by atoms with E-state index in [1.54, 1.807) is 0 Å². The molecular formula is C14H24BrCl2N3. The van der Waals surface area contributed by atoms with Gasteiger partial charge in [-0.25, -0.2) is 4.98 Å². The van der Waals surface area contributed by atoms with E-state index in [9.17, 15) is 0 Å². The van der Waals surface area contributed by atoms with E-state index in [4.69, 9.17) is 0 Å². The largest absolute Gasteiger partial charge is 0.314 e. The van der Waals surface area contributed by atoms with Crippen LogP contribution in [-0.4, -0.2) is 36.1 Å². The van der Waals surface area contributed by atoms with Gasteiger partial charge in [0.1, 0.15) is 4.60 Å². The molecule has 1 aromatic heterocycles. The van der Waals surface area contributed by atoms with Gasteiger partial charge in [-0.3, -0.25) is 4.90 Å². The highest BCUT2D eigenvalue weighted by atomic mass is 79.9. The molecule has 0 aromatic carbocycles. The van der Waals surface area contributed by atoms with Gasteiger partial charge in [0.2, 0.25) is 0 Å². The van der Waals surface area contributed by atoms with Gasteiger partial charge in [0.25, 0.3) is 0 Å². The Kier molecular flexibility index (Phi) is 8.60. The molecule has 2 rings (SSSR count). The number of nitrogens with one attached hydrogen (secondary N) is 1. The summed E-state index contributed by atoms with van der Waals surface area (Å²) in [5.41, 5.74) is 1.57. The van der Waals surface area contributed by atoms with E-state index < -0.39 is 0 Å². The van der Waals surface area contributed by atoms with Crippen LogP contribution in [0.5, 0.6) is 0 Å². The number of hydrogen-bond donors (Lipinski definition) is 1. The Labute approximate surface area is 142 Å². The number of piperazine rings is 1. The zero-order valence-electron chi connectivity index (χ0n) is 12.2. The molecule has 0 bridgehead atoms. The fourth-order valence-corrected chi connectivity index (χ4v) is 3.17. The van der Waals surface area contributed by atoms with Crippen molar-refractivity contribution in [2.24, 2.45) is 5.41 Å². The number of hydrogen-bond acceptors (Lipinski definition) is 3. The maximum Gasteiger partial charge on any atom is 0.106 e. The number of pyridine rings is 1. The standard InChI is InChI=1S/C14H22BrN3.2ClH/c1-14(2,3)13(18-8-6-16-7-9-18)11-4-5-17-12(15)10-11;;/h4-5,10,13,16H,6-9H2,1-3H3;2*1H/t13-;;/m0../s1. The molecule has 6 heteroatoms. The lowest BCUT2D eigenvalue weighted by Gasteiger charge is -2.42. The van der Waals surface area contributed by atoms with Crippen LogP contribution in [0.15, 0.2) is 22.9 Å². The smallest absolute Gasteiger partial charge is 0.106 e. The highest BCUT2D eigenvalue weighted by Crippen LogP contribution is 2.38. The lowest BCUT2D eigenvalue weighted by molar-refractivity contribution is 0.0861. The number of aromatic nitrogens is 1. The van der Waals surface area contributed by atoms with Crippen molar-refractivity contribution in [3.05, 3.63) is 28.5 Å². The van der Waals surface area contributed by atoms with E-state index in [0.29, 0.717) is 6.04 Å². The van der Waals surface area contributed by atoms with Crippen LogP contribution in [0.2, 0.25) is 0 Å². The van der Waals surface area contributed by atoms with Gasteiger partial charge in [-0.15, -0.1) is 24.8 Å². The predicted octanol–water partition coefficient (Wildman–Crippen LogP) is 3.68. The van der Waals surface area contributed by atoms with E-state index in [-0.39, 0.29) is 30.2 Å². The molecule has 1 aliphatic rings. The SMILES string of the molecule is CC(C)(C)[C@H](c1ccnc(Br)c1)N1CCNCC1.Cl.Cl. The number of halogens is 3. The van der Waals surface area contributed by atoms with Crippen molar-refractivity contribution in [2.45, 2.75) is 26.8 Å². The first kappa shape index (κ1) is 20.1. The average Bonchev–Trinajstić information content (AvgIpc) is 2.28. The summed E-state index contributed by atoms with van der Waals surface area (Å²) in [5.74, 6) is 0. The number of nitrogens with zero attached hydrogens (tertiary/aromatic N) is 2. The molecule has 1 aromatic rings. The second kappa shape index (κ2) is 8.54. The molecule has 0 unspecified atom stereocenters. The molecule has 1 aliphatic heterocycles. The van der Waals surface area contributed by atoms with Crippen molar-refractivity contribution < 1.29 is 0 Å². The molecular weight excluding hydrogens is 361 g/mol. The molecule has 1 fully saturated rings. The van der Waals surface area contributed by atoms with Crippen molar-refractivity contribution in [1.82, 2.24) is 15.2 Å². The number of rotatable bonds is 2. The van der Waals surface area contributed by atoms with E-state index in [0.717, 1.165) is 30.8 Å². The molecule has 0 saturated carbocycles. The minimum absolute atomic E-state index is 0. The van der Waals surface area contributed by atoms with E-state index in [1.165, 1.54) is 5.56 Å². The summed E-state index contributed by atoms with van der Waals surface area (Å²) in [6.07, 6.45) is 1.89. The third-order valence-corrected chi connectivity index (χ3v) is 3.84. The van der Waals surface area contributed by atoms with Gasteiger partial charge in [0.15, 0.2) is 0 Å². The molecule has 2 heterocycles. The van der Waals surface area contributed by atoms with Gasteiger partial charge in [0.05, 0.1) is 0 Å². The summed E-state index contributed by atoms with van der Waals surface area (Å²) < 4.78 is 0.921. The van der Waals surface area contributed by atoms with Gasteiger partial charge in [-0.1, -0.05) is 20.8 Å². The Morgan fingerprint density at radius 1 is 1.25 bits per heavy atom. The molecule has 0 amide bonds. The fourth-order valence-electron chi connectivity index (χ4n) is 2.79. The van der Waals surface area contributed by atoms with Crippen molar-refractivity contribution in [1.29, 1.82) is 0 Å². The Morgan fingerprint density at radius 3 is 2.35 bits per heavy atom. The maximum atomic E-state index is 4.24. The van der Waals surface area contributed by atoms with Crippen molar-refractivity contribution in [3.8, 4) is 0 Å². The summed E-state index contributed by atoms with van der Waals surface area (Å²) in [7, 11) is 0. The first-order valence-electron chi connectivity index (χ1n) is 6.55. The van der Waals surface area contributed by atoms with Crippen molar-refractivity contribution in [3.63, 3.8) is 0 Å². The summed E-state index contributed by atoms with van der Waals surface area (Å²) in [4.78, 5) is 6.82. The van der Waals surface area contributed by atoms with Crippen LogP contribution in [0, 0.1) is 5.41 Å². The molecule has 116 valence electrons. The lowest BCUT2D eigenvalue weighted by Crippen LogP contribution is -2.48. The second-order valence-corrected chi connectivity index (χ2v) is 6.78. The lowest BCUT2D eigenvalue weighted by atomic mass is 9.81. The van der Waals surface area contributed by atoms with Gasteiger partial charge in [-0.05, 0) is 39.0 Å². The molecule has 3 nitrogen and oxygen atoms in total. The summed E-state index contributed by atoms with van der Waals surface area (Å²) >= 11 is 3.48. The minimum Gasteiger partial charge on any atom is -0.314 e. The molecule has 1 saturated heterocycles. The monoisotopic (exact) mass is 383 g/mol. The van der Waals surface area contributed by atoms with Crippen LogP contribution >= 0.6 is 40.7 Å². The summed E-state index contributed by atoms with van der Waals surface area (Å²) in [5, 5.41) is 3.42. The van der Waals surface area contributed by atoms with Crippen LogP contribution in [0.3, 0.4) is 0 Å². The fraction of sp³-hybridized carbons (Fsp3) is 0.643. The van der Waals surface area contributed by atoms with Gasteiger partial charge < -0.3 is 5.32 Å². The Bertz CT molecular complexity index is 404. The van der Waals surface area contributed by atoms with Crippen molar-refractivity contribution in [2.75, 3.05) is 26.2 Å². The quantitative estimate of drug-likeness (QED) is 0.788. The van der Waals surface area contributed by atoms with Gasteiger partial charge >= 0.3 is 0 Å². The first-order valence-corrected chi connectivity index (χ1v) is 7.34. The van der Waals surface area contributed by atoms with Crippen LogP contribution in [0.1, 0.15) is 32.4 Å². The van der Waals surface area contributed by atoms with Crippen molar-refractivity contribution >= 4 is 40.7 Å². The average molecular weight is 385 g/mol. The van der Waals surface area contributed by atoms with Crippen LogP contribution in [0.25, 0.3) is 0 Å². The Balaban J connectivity index is 0.00000180. The zero-order valence-corrected chi connectivity index (χ0v) is 15.4. The molecule has 20 heavy (non-hydrogen) atoms. The van der Waals surface area contributed by atoms with E-state index >= 15 is 0 Å². The van der Waals surface area contributed by atoms with Gasteiger partial charge in [0, 0.05) is 38.4 Å². The molecule has 0 aliphatic carbocycles. The highest BCUT2D eigenvalue weighted by molar-refractivity contribution is 9.10. The first-order chi connectivity index (χ1) is 8.48. The molecule has 1 atom stereocenters. The Morgan fingerprint density at radius 2 is 1.85 bits per heavy atom. The third-order valence-electron chi connectivity index (χ3n) is 3.40. The topological polar surface area (TPSA) is 28.2 Å². The zero-order chi connectivity index (χ0) is 13.2. The molecule has 0 spiro atoms. The summed E-state index contributed by atoms with van der Waals surface area (Å²) in [6.45, 7) is 11.3. The van der Waals surface area contributed by atoms with Crippen LogP contribution in [-0.2, 0) is 0 Å². The Hall–Kier alpha value is 0.130. The predicted molar refractivity (Wildman–Crippen MR) is 93.1 cm³/mol. The molecule has 0 radical (unpaired) electrons. The second-order valence-electron chi connectivity index (χ2n) is 5.97. The van der Waals surface area contributed by atoms with E-state index in [1.807, 2.05) is 6.20 Å². The van der Waals surface area contributed by atoms with E-state index in [2.05, 4.69) is 64.0 Å². The summed E-state index contributed by atoms with van der Waals surface area (Å²) in [6, 6.07) is 4.74. The van der Waals surface area contributed by atoms with Crippen LogP contribution in [0.4, 0.5) is 0 Å². The molecule has 1 N–H and O–H groups in total. The van der Waals surface area contributed by atoms with Gasteiger partial charge in [-0.2, -0.15) is 0 Å². The highest BCUT2D eigenvalue weighted by Gasteiger charge is 2.32. The maximum absolute atomic E-state index is 4.24. The minimum atomic E-state index is 0. The third kappa shape index (κ3) is 5.15. The normalized spacial score (nSPS) is 17.8.